The van der Waals surface area contributed by atoms with Crippen LogP contribution in [0.25, 0.3) is 0 Å². The van der Waals surface area contributed by atoms with Gasteiger partial charge in [0.05, 0.1) is 18.9 Å². The van der Waals surface area contributed by atoms with Crippen molar-refractivity contribution in [1.82, 2.24) is 29.8 Å². The lowest BCUT2D eigenvalue weighted by atomic mass is 10.1. The van der Waals surface area contributed by atoms with Crippen molar-refractivity contribution in [2.45, 2.75) is 46.1 Å². The van der Waals surface area contributed by atoms with E-state index in [2.05, 4.69) is 57.5 Å². The Labute approximate surface area is 172 Å². The molecule has 164 valence electrons. The predicted octanol–water partition coefficient (Wildman–Crippen LogP) is -0.164. The Morgan fingerprint density at radius 2 is 1.64 bits per heavy atom. The molecule has 2 unspecified atom stereocenters. The summed E-state index contributed by atoms with van der Waals surface area (Å²) in [5.74, 6) is 0.729. The first-order valence-corrected chi connectivity index (χ1v) is 11.5. The number of hydrogen-bond acceptors (Lipinski definition) is 7. The molecule has 0 bridgehead atoms. The Bertz CT molecular complexity index is 454. The number of β-amino-alcohol motifs (C(OH)–C–C–N with tert-alkyl or cyclic N) is 1. The molecule has 0 spiro atoms. The van der Waals surface area contributed by atoms with Gasteiger partial charge < -0.3 is 5.11 Å². The minimum Gasteiger partial charge on any atom is -0.395 e. The minimum absolute atomic E-state index is 0.272. The second-order valence-electron chi connectivity index (χ2n) is 9.53. The smallest absolute Gasteiger partial charge is 0.0768 e. The molecule has 7 heteroatoms. The molecular formula is C21H44N6O. The van der Waals surface area contributed by atoms with Crippen LogP contribution in [0.2, 0.25) is 0 Å². The van der Waals surface area contributed by atoms with Gasteiger partial charge in [-0.05, 0) is 19.8 Å². The van der Waals surface area contributed by atoms with Gasteiger partial charge in [0.1, 0.15) is 0 Å². The fraction of sp³-hybridized carbons (Fsp3) is 1.00. The van der Waals surface area contributed by atoms with Crippen LogP contribution in [-0.4, -0.2) is 133 Å². The van der Waals surface area contributed by atoms with Gasteiger partial charge in [-0.2, -0.15) is 0 Å². The monoisotopic (exact) mass is 396 g/mol. The van der Waals surface area contributed by atoms with Crippen LogP contribution in [0.1, 0.15) is 27.7 Å². The SMILES string of the molecule is CC(C)CN1CCNC(N2CCN(C(C)C)CC2N2CCN(CCO)CC2)C1. The summed E-state index contributed by atoms with van der Waals surface area (Å²) in [4.78, 5) is 13.2. The summed E-state index contributed by atoms with van der Waals surface area (Å²) in [7, 11) is 0. The van der Waals surface area contributed by atoms with Crippen LogP contribution < -0.4 is 5.32 Å². The van der Waals surface area contributed by atoms with Gasteiger partial charge in [0.2, 0.25) is 0 Å². The van der Waals surface area contributed by atoms with Crippen LogP contribution in [0.15, 0.2) is 0 Å². The van der Waals surface area contributed by atoms with E-state index < -0.39 is 0 Å². The van der Waals surface area contributed by atoms with Crippen LogP contribution in [0.5, 0.6) is 0 Å². The number of hydrogen-bond donors (Lipinski definition) is 2. The summed E-state index contributed by atoms with van der Waals surface area (Å²) in [6.45, 7) is 22.8. The highest BCUT2D eigenvalue weighted by atomic mass is 16.3. The van der Waals surface area contributed by atoms with Crippen molar-refractivity contribution in [3.8, 4) is 0 Å². The van der Waals surface area contributed by atoms with Gasteiger partial charge in [-0.15, -0.1) is 0 Å². The summed E-state index contributed by atoms with van der Waals surface area (Å²) >= 11 is 0. The number of nitrogens with one attached hydrogen (secondary N) is 1. The van der Waals surface area contributed by atoms with Crippen LogP contribution in [0.3, 0.4) is 0 Å². The molecule has 0 amide bonds. The Hall–Kier alpha value is -0.280. The minimum atomic E-state index is 0.272. The molecule has 0 aromatic rings. The fourth-order valence-corrected chi connectivity index (χ4v) is 5.08. The molecule has 7 nitrogen and oxygen atoms in total. The van der Waals surface area contributed by atoms with E-state index in [9.17, 15) is 5.11 Å². The summed E-state index contributed by atoms with van der Waals surface area (Å²) in [6, 6.07) is 0.608. The normalized spacial score (nSPS) is 30.5. The van der Waals surface area contributed by atoms with Crippen molar-refractivity contribution in [2.75, 3.05) is 85.1 Å². The van der Waals surface area contributed by atoms with Crippen LogP contribution in [-0.2, 0) is 0 Å². The third-order valence-corrected chi connectivity index (χ3v) is 6.66. The Kier molecular flexibility index (Phi) is 8.53. The molecule has 0 radical (unpaired) electrons. The first-order chi connectivity index (χ1) is 13.5. The highest BCUT2D eigenvalue weighted by Crippen LogP contribution is 2.21. The maximum Gasteiger partial charge on any atom is 0.0768 e. The van der Waals surface area contributed by atoms with Crippen molar-refractivity contribution >= 4 is 0 Å². The third kappa shape index (κ3) is 5.88. The molecule has 28 heavy (non-hydrogen) atoms. The number of rotatable bonds is 7. The Balaban J connectivity index is 1.65. The first-order valence-electron chi connectivity index (χ1n) is 11.5. The molecule has 3 aliphatic heterocycles. The number of aliphatic hydroxyl groups is 1. The van der Waals surface area contributed by atoms with E-state index in [-0.39, 0.29) is 6.61 Å². The zero-order valence-electron chi connectivity index (χ0n) is 18.7. The molecule has 0 aromatic carbocycles. The van der Waals surface area contributed by atoms with Crippen molar-refractivity contribution < 1.29 is 5.11 Å². The summed E-state index contributed by atoms with van der Waals surface area (Å²) in [5.41, 5.74) is 0. The second-order valence-corrected chi connectivity index (χ2v) is 9.53. The predicted molar refractivity (Wildman–Crippen MR) is 115 cm³/mol. The molecule has 3 aliphatic rings. The molecule has 3 rings (SSSR count). The van der Waals surface area contributed by atoms with Crippen molar-refractivity contribution in [3.63, 3.8) is 0 Å². The maximum atomic E-state index is 9.25. The molecular weight excluding hydrogens is 352 g/mol. The molecule has 3 saturated heterocycles. The summed E-state index contributed by atoms with van der Waals surface area (Å²) < 4.78 is 0. The average molecular weight is 397 g/mol. The average Bonchev–Trinajstić information content (AvgIpc) is 2.68. The molecule has 2 N–H and O–H groups in total. The summed E-state index contributed by atoms with van der Waals surface area (Å²) in [6.07, 6.45) is 0.950. The fourth-order valence-electron chi connectivity index (χ4n) is 5.08. The standard InChI is InChI=1S/C21H44N6O/c1-18(2)15-24-6-5-22-20(16-24)27-12-11-26(19(3)4)17-21(27)25-9-7-23(8-10-25)13-14-28/h18-22,28H,5-17H2,1-4H3. The van der Waals surface area contributed by atoms with Crippen molar-refractivity contribution in [1.29, 1.82) is 0 Å². The first kappa shape index (κ1) is 22.4. The molecule has 0 aromatic heterocycles. The van der Waals surface area contributed by atoms with Gasteiger partial charge >= 0.3 is 0 Å². The van der Waals surface area contributed by atoms with Gasteiger partial charge in [-0.3, -0.25) is 29.8 Å². The zero-order chi connectivity index (χ0) is 20.1. The lowest BCUT2D eigenvalue weighted by molar-refractivity contribution is -0.0848. The van der Waals surface area contributed by atoms with Crippen molar-refractivity contribution in [2.24, 2.45) is 5.92 Å². The Morgan fingerprint density at radius 1 is 0.893 bits per heavy atom. The highest BCUT2D eigenvalue weighted by Gasteiger charge is 2.38. The van der Waals surface area contributed by atoms with E-state index in [0.29, 0.717) is 18.4 Å². The molecule has 3 heterocycles. The van der Waals surface area contributed by atoms with E-state index in [1.807, 2.05) is 0 Å². The number of piperazine rings is 3. The van der Waals surface area contributed by atoms with Gasteiger partial charge in [-0.1, -0.05) is 13.8 Å². The van der Waals surface area contributed by atoms with E-state index in [1.54, 1.807) is 0 Å². The van der Waals surface area contributed by atoms with Crippen LogP contribution in [0, 0.1) is 5.92 Å². The lowest BCUT2D eigenvalue weighted by Gasteiger charge is -2.53. The van der Waals surface area contributed by atoms with Gasteiger partial charge in [-0.25, -0.2) is 0 Å². The molecule has 2 atom stereocenters. The molecule has 0 saturated carbocycles. The summed E-state index contributed by atoms with van der Waals surface area (Å²) in [5, 5.41) is 13.1. The van der Waals surface area contributed by atoms with E-state index in [1.165, 1.54) is 19.6 Å². The van der Waals surface area contributed by atoms with Gasteiger partial charge in [0.15, 0.2) is 0 Å². The van der Waals surface area contributed by atoms with E-state index in [4.69, 9.17) is 0 Å². The molecule has 3 fully saturated rings. The van der Waals surface area contributed by atoms with Gasteiger partial charge in [0.25, 0.3) is 0 Å². The third-order valence-electron chi connectivity index (χ3n) is 6.66. The van der Waals surface area contributed by atoms with Crippen LogP contribution in [0.4, 0.5) is 0 Å². The number of nitrogens with zero attached hydrogens (tertiary/aromatic N) is 5. The highest BCUT2D eigenvalue weighted by molar-refractivity contribution is 4.91. The van der Waals surface area contributed by atoms with E-state index in [0.717, 1.165) is 64.8 Å². The quantitative estimate of drug-likeness (QED) is 0.620. The zero-order valence-corrected chi connectivity index (χ0v) is 18.7. The van der Waals surface area contributed by atoms with Crippen LogP contribution >= 0.6 is 0 Å². The Morgan fingerprint density at radius 3 is 2.29 bits per heavy atom. The van der Waals surface area contributed by atoms with Gasteiger partial charge in [0, 0.05) is 84.6 Å². The topological polar surface area (TPSA) is 48.5 Å². The maximum absolute atomic E-state index is 9.25. The largest absolute Gasteiger partial charge is 0.395 e. The molecule has 0 aliphatic carbocycles. The van der Waals surface area contributed by atoms with E-state index >= 15 is 0 Å². The van der Waals surface area contributed by atoms with Crippen molar-refractivity contribution in [3.05, 3.63) is 0 Å². The lowest BCUT2D eigenvalue weighted by Crippen LogP contribution is -2.70. The number of aliphatic hydroxyl groups excluding tert-OH is 1. The second kappa shape index (κ2) is 10.7.